The Labute approximate surface area is 107 Å². The van der Waals surface area contributed by atoms with Crippen LogP contribution in [0.5, 0.6) is 0 Å². The first-order valence-corrected chi connectivity index (χ1v) is 6.86. The van der Waals surface area contributed by atoms with Crippen LogP contribution in [0, 0.1) is 0 Å². The van der Waals surface area contributed by atoms with Crippen LogP contribution in [-0.2, 0) is 4.79 Å². The van der Waals surface area contributed by atoms with Gasteiger partial charge in [-0.05, 0) is 12.8 Å². The van der Waals surface area contributed by atoms with E-state index >= 15 is 0 Å². The molecule has 96 valence electrons. The van der Waals surface area contributed by atoms with Crippen molar-refractivity contribution in [3.8, 4) is 0 Å². The molecule has 3 rings (SSSR count). The van der Waals surface area contributed by atoms with Crippen molar-refractivity contribution >= 4 is 23.6 Å². The van der Waals surface area contributed by atoms with Gasteiger partial charge in [-0.25, -0.2) is 9.78 Å². The van der Waals surface area contributed by atoms with Crippen LogP contribution in [0.15, 0.2) is 0 Å². The second-order valence-corrected chi connectivity index (χ2v) is 5.45. The number of aromatic nitrogens is 3. The molecule has 2 fully saturated rings. The molecule has 1 atom stereocenters. The maximum absolute atomic E-state index is 12.1. The number of nitrogens with zero attached hydrogens (tertiary/aromatic N) is 3. The van der Waals surface area contributed by atoms with E-state index in [4.69, 9.17) is 5.11 Å². The Bertz CT molecular complexity index is 499. The predicted molar refractivity (Wildman–Crippen MR) is 63.3 cm³/mol. The molecule has 7 nitrogen and oxygen atoms in total. The summed E-state index contributed by atoms with van der Waals surface area (Å²) < 4.78 is 0. The Kier molecular flexibility index (Phi) is 2.73. The summed E-state index contributed by atoms with van der Waals surface area (Å²) in [6, 6.07) is -0.773. The molecule has 0 spiro atoms. The highest BCUT2D eigenvalue weighted by atomic mass is 32.2. The number of thioether (sulfide) groups is 1. The molecule has 1 aromatic rings. The molecule has 1 amide bonds. The fourth-order valence-corrected chi connectivity index (χ4v) is 3.03. The number of rotatable bonds is 3. The second kappa shape index (κ2) is 4.27. The lowest BCUT2D eigenvalue weighted by Crippen LogP contribution is -2.42. The summed E-state index contributed by atoms with van der Waals surface area (Å²) >= 11 is 1.43. The van der Waals surface area contributed by atoms with Gasteiger partial charge in [-0.15, -0.1) is 16.9 Å². The smallest absolute Gasteiger partial charge is 0.327 e. The number of H-pyrrole nitrogens is 1. The molecule has 2 aliphatic rings. The van der Waals surface area contributed by atoms with Gasteiger partial charge in [0.2, 0.25) is 5.82 Å². The average molecular weight is 268 g/mol. The van der Waals surface area contributed by atoms with Crippen LogP contribution >= 0.6 is 11.8 Å². The molecule has 0 bridgehead atoms. The number of carbonyl (C=O) groups is 2. The van der Waals surface area contributed by atoms with Crippen molar-refractivity contribution in [2.24, 2.45) is 0 Å². The van der Waals surface area contributed by atoms with Crippen molar-refractivity contribution < 1.29 is 14.7 Å². The van der Waals surface area contributed by atoms with Gasteiger partial charge in [0, 0.05) is 11.7 Å². The van der Waals surface area contributed by atoms with Crippen LogP contribution in [0.4, 0.5) is 0 Å². The Hall–Kier alpha value is -1.57. The number of aliphatic carboxylic acids is 1. The van der Waals surface area contributed by atoms with E-state index < -0.39 is 17.9 Å². The number of hydrogen-bond acceptors (Lipinski definition) is 5. The van der Waals surface area contributed by atoms with Crippen LogP contribution in [-0.4, -0.2) is 54.7 Å². The third-order valence-corrected chi connectivity index (χ3v) is 4.10. The summed E-state index contributed by atoms with van der Waals surface area (Å²) in [6.07, 6.45) is 2.14. The number of hydrogen-bond donors (Lipinski definition) is 2. The lowest BCUT2D eigenvalue weighted by Gasteiger charge is -2.18. The quantitative estimate of drug-likeness (QED) is 0.817. The fourth-order valence-electron chi connectivity index (χ4n) is 1.89. The maximum Gasteiger partial charge on any atom is 0.327 e. The van der Waals surface area contributed by atoms with E-state index in [1.165, 1.54) is 16.7 Å². The minimum absolute atomic E-state index is 0.0747. The minimum atomic E-state index is -0.980. The van der Waals surface area contributed by atoms with E-state index in [9.17, 15) is 9.59 Å². The first kappa shape index (κ1) is 11.5. The Morgan fingerprint density at radius 2 is 2.22 bits per heavy atom. The molecule has 1 saturated heterocycles. The van der Waals surface area contributed by atoms with Crippen molar-refractivity contribution in [1.82, 2.24) is 20.1 Å². The third kappa shape index (κ3) is 1.96. The molecule has 1 unspecified atom stereocenters. The zero-order chi connectivity index (χ0) is 12.7. The SMILES string of the molecule is O=C(O)C1CSCN1C(=O)c1n[nH]c(C2CC2)n1. The molecule has 8 heteroatoms. The van der Waals surface area contributed by atoms with Gasteiger partial charge in [0.05, 0.1) is 5.88 Å². The number of nitrogens with one attached hydrogen (secondary N) is 1. The zero-order valence-electron chi connectivity index (χ0n) is 9.50. The van der Waals surface area contributed by atoms with Gasteiger partial charge < -0.3 is 10.0 Å². The second-order valence-electron chi connectivity index (χ2n) is 4.45. The summed E-state index contributed by atoms with van der Waals surface area (Å²) in [7, 11) is 0. The van der Waals surface area contributed by atoms with E-state index in [1.807, 2.05) is 0 Å². The normalized spacial score (nSPS) is 23.3. The Morgan fingerprint density at radius 1 is 1.44 bits per heavy atom. The molecule has 1 saturated carbocycles. The molecule has 1 aliphatic heterocycles. The largest absolute Gasteiger partial charge is 0.480 e. The zero-order valence-corrected chi connectivity index (χ0v) is 10.3. The molecule has 2 heterocycles. The van der Waals surface area contributed by atoms with Crippen molar-refractivity contribution in [2.45, 2.75) is 24.8 Å². The number of carboxylic acid groups (broad SMARTS) is 1. The van der Waals surface area contributed by atoms with Gasteiger partial charge in [0.1, 0.15) is 11.9 Å². The molecule has 1 aromatic heterocycles. The van der Waals surface area contributed by atoms with Gasteiger partial charge >= 0.3 is 5.97 Å². The summed E-state index contributed by atoms with van der Waals surface area (Å²) in [5, 5.41) is 15.7. The van der Waals surface area contributed by atoms with E-state index in [2.05, 4.69) is 15.2 Å². The third-order valence-electron chi connectivity index (χ3n) is 3.09. The first-order valence-electron chi connectivity index (χ1n) is 5.70. The van der Waals surface area contributed by atoms with Gasteiger partial charge in [0.15, 0.2) is 0 Å². The summed E-state index contributed by atoms with van der Waals surface area (Å²) in [5.41, 5.74) is 0. The number of amides is 1. The highest BCUT2D eigenvalue weighted by Gasteiger charge is 2.37. The summed E-state index contributed by atoms with van der Waals surface area (Å²) in [5.74, 6) is 0.608. The maximum atomic E-state index is 12.1. The number of aromatic amines is 1. The van der Waals surface area contributed by atoms with E-state index in [-0.39, 0.29) is 5.82 Å². The lowest BCUT2D eigenvalue weighted by molar-refractivity contribution is -0.140. The molecule has 0 aromatic carbocycles. The highest BCUT2D eigenvalue weighted by Crippen LogP contribution is 2.37. The van der Waals surface area contributed by atoms with Crippen LogP contribution in [0.3, 0.4) is 0 Å². The van der Waals surface area contributed by atoms with Crippen LogP contribution in [0.2, 0.25) is 0 Å². The van der Waals surface area contributed by atoms with Gasteiger partial charge in [0.25, 0.3) is 5.91 Å². The number of carbonyl (C=O) groups excluding carboxylic acids is 1. The fraction of sp³-hybridized carbons (Fsp3) is 0.600. The van der Waals surface area contributed by atoms with Crippen molar-refractivity contribution in [3.05, 3.63) is 11.6 Å². The molecular weight excluding hydrogens is 256 g/mol. The molecule has 0 radical (unpaired) electrons. The topological polar surface area (TPSA) is 99.2 Å². The standard InChI is InChI=1S/C10H12N4O3S/c15-9(14-4-18-3-6(14)10(16)17)8-11-7(12-13-8)5-1-2-5/h5-6H,1-4H2,(H,16,17)(H,11,12,13). The minimum Gasteiger partial charge on any atom is -0.480 e. The van der Waals surface area contributed by atoms with Gasteiger partial charge in [-0.3, -0.25) is 9.89 Å². The Morgan fingerprint density at radius 3 is 2.89 bits per heavy atom. The van der Waals surface area contributed by atoms with E-state index in [0.717, 1.165) is 18.7 Å². The van der Waals surface area contributed by atoms with Crippen molar-refractivity contribution in [2.75, 3.05) is 11.6 Å². The van der Waals surface area contributed by atoms with Crippen LogP contribution in [0.25, 0.3) is 0 Å². The monoisotopic (exact) mass is 268 g/mol. The first-order chi connectivity index (χ1) is 8.66. The molecule has 18 heavy (non-hydrogen) atoms. The van der Waals surface area contributed by atoms with Crippen LogP contribution < -0.4 is 0 Å². The van der Waals surface area contributed by atoms with Crippen molar-refractivity contribution in [1.29, 1.82) is 0 Å². The Balaban J connectivity index is 1.78. The van der Waals surface area contributed by atoms with E-state index in [0.29, 0.717) is 17.5 Å². The number of carboxylic acids is 1. The predicted octanol–water partition coefficient (Wildman–Crippen LogP) is 0.282. The summed E-state index contributed by atoms with van der Waals surface area (Å²) in [4.78, 5) is 28.6. The molecule has 2 N–H and O–H groups in total. The van der Waals surface area contributed by atoms with Gasteiger partial charge in [-0.2, -0.15) is 0 Å². The van der Waals surface area contributed by atoms with Crippen LogP contribution in [0.1, 0.15) is 35.2 Å². The summed E-state index contributed by atoms with van der Waals surface area (Å²) in [6.45, 7) is 0. The molecule has 1 aliphatic carbocycles. The van der Waals surface area contributed by atoms with Gasteiger partial charge in [-0.1, -0.05) is 0 Å². The average Bonchev–Trinajstić information content (AvgIpc) is 2.92. The highest BCUT2D eigenvalue weighted by molar-refractivity contribution is 7.99. The lowest BCUT2D eigenvalue weighted by atomic mass is 10.3. The van der Waals surface area contributed by atoms with Crippen molar-refractivity contribution in [3.63, 3.8) is 0 Å². The van der Waals surface area contributed by atoms with E-state index in [1.54, 1.807) is 0 Å². The molecular formula is C10H12N4O3S.